The van der Waals surface area contributed by atoms with E-state index in [2.05, 4.69) is 48.5 Å². The second kappa shape index (κ2) is 8.16. The van der Waals surface area contributed by atoms with E-state index in [-0.39, 0.29) is 0 Å². The molecule has 0 spiro atoms. The van der Waals surface area contributed by atoms with Crippen molar-refractivity contribution in [2.75, 3.05) is 12.3 Å². The van der Waals surface area contributed by atoms with Crippen LogP contribution in [0.15, 0.2) is 91.0 Å². The molecule has 1 nitrogen and oxygen atoms in total. The Balaban J connectivity index is 1.79. The van der Waals surface area contributed by atoms with Gasteiger partial charge in [-0.15, -0.1) is 0 Å². The summed E-state index contributed by atoms with van der Waals surface area (Å²) >= 11 is 0. The summed E-state index contributed by atoms with van der Waals surface area (Å²) in [6, 6.07) is 31.0. The smallest absolute Gasteiger partial charge is 0.0681 e. The Kier molecular flexibility index (Phi) is 5.70. The van der Waals surface area contributed by atoms with Crippen molar-refractivity contribution in [3.63, 3.8) is 0 Å². The van der Waals surface area contributed by atoms with Crippen molar-refractivity contribution in [2.24, 2.45) is 0 Å². The predicted octanol–water partition coefficient (Wildman–Crippen LogP) is 4.27. The van der Waals surface area contributed by atoms with Gasteiger partial charge in [0.2, 0.25) is 0 Å². The zero-order chi connectivity index (χ0) is 15.9. The summed E-state index contributed by atoms with van der Waals surface area (Å²) in [5.41, 5.74) is 0. The molecule has 0 heterocycles. The van der Waals surface area contributed by atoms with E-state index in [0.717, 1.165) is 17.6 Å². The first-order chi connectivity index (χ1) is 11.3. The fourth-order valence-corrected chi connectivity index (χ4v) is 6.71. The van der Waals surface area contributed by atoms with Crippen molar-refractivity contribution in [1.82, 2.24) is 0 Å². The van der Waals surface area contributed by atoms with E-state index in [1.807, 2.05) is 42.5 Å². The van der Waals surface area contributed by atoms with Crippen molar-refractivity contribution in [2.45, 2.75) is 0 Å². The van der Waals surface area contributed by atoms with Crippen LogP contribution < -0.4 is 15.9 Å². The van der Waals surface area contributed by atoms with Crippen molar-refractivity contribution in [3.05, 3.63) is 91.0 Å². The third kappa shape index (κ3) is 4.35. The van der Waals surface area contributed by atoms with Crippen LogP contribution >= 0.6 is 15.7 Å². The second-order valence-electron chi connectivity index (χ2n) is 5.26. The summed E-state index contributed by atoms with van der Waals surface area (Å²) in [6.07, 6.45) is 1.68. The maximum atomic E-state index is 12.6. The largest absolute Gasteiger partial charge is 0.377 e. The minimum absolute atomic E-state index is 0.458. The molecule has 0 aliphatic heterocycles. The van der Waals surface area contributed by atoms with E-state index in [1.54, 1.807) is 0 Å². The van der Waals surface area contributed by atoms with Crippen LogP contribution in [0.3, 0.4) is 0 Å². The molecular formula is C20H19OP2+. The summed E-state index contributed by atoms with van der Waals surface area (Å²) in [5, 5.41) is 3.66. The van der Waals surface area contributed by atoms with Gasteiger partial charge in [-0.05, 0) is 30.7 Å². The third-order valence-electron chi connectivity index (χ3n) is 3.71. The predicted molar refractivity (Wildman–Crippen MR) is 102 cm³/mol. The van der Waals surface area contributed by atoms with Crippen LogP contribution in [0.25, 0.3) is 0 Å². The summed E-state index contributed by atoms with van der Waals surface area (Å²) in [7, 11) is -1.78. The molecule has 23 heavy (non-hydrogen) atoms. The number of hydrogen-bond donors (Lipinski definition) is 0. The Morgan fingerprint density at radius 2 is 1.09 bits per heavy atom. The van der Waals surface area contributed by atoms with E-state index in [9.17, 15) is 4.57 Å². The molecule has 3 rings (SSSR count). The topological polar surface area (TPSA) is 17.1 Å². The Morgan fingerprint density at radius 3 is 1.57 bits per heavy atom. The zero-order valence-corrected chi connectivity index (χ0v) is 14.7. The summed E-state index contributed by atoms with van der Waals surface area (Å²) < 4.78 is 12.6. The molecule has 114 valence electrons. The van der Waals surface area contributed by atoms with Gasteiger partial charge in [0.05, 0.1) is 0 Å². The summed E-state index contributed by atoms with van der Waals surface area (Å²) in [6.45, 7) is 0. The molecule has 0 saturated carbocycles. The molecule has 0 radical (unpaired) electrons. The van der Waals surface area contributed by atoms with Crippen molar-refractivity contribution < 1.29 is 4.57 Å². The standard InChI is InChI=1S/C20H19OP2/c21-23(20-14-8-3-9-15-20)17-16-22(18-10-4-1-5-11-18)19-12-6-2-7-13-19/h1-15H,16-17H2/q+1. The summed E-state index contributed by atoms with van der Waals surface area (Å²) in [4.78, 5) is 0. The number of rotatable bonds is 6. The molecule has 3 aromatic rings. The first-order valence-corrected chi connectivity index (χ1v) is 10.7. The normalized spacial score (nSPS) is 11.4. The van der Waals surface area contributed by atoms with Gasteiger partial charge in [-0.1, -0.05) is 83.4 Å². The van der Waals surface area contributed by atoms with Gasteiger partial charge >= 0.3 is 7.80 Å². The molecule has 0 fully saturated rings. The lowest BCUT2D eigenvalue weighted by Crippen LogP contribution is -2.15. The first-order valence-electron chi connectivity index (χ1n) is 7.72. The number of hydrogen-bond acceptors (Lipinski definition) is 1. The molecule has 0 saturated heterocycles. The maximum Gasteiger partial charge on any atom is 0.377 e. The molecule has 0 aliphatic carbocycles. The molecule has 0 aliphatic rings. The van der Waals surface area contributed by atoms with Gasteiger partial charge < -0.3 is 0 Å². The number of benzene rings is 3. The SMILES string of the molecule is O=[P+](CCP(c1ccccc1)c1ccccc1)c1ccccc1. The molecule has 1 atom stereocenters. The van der Waals surface area contributed by atoms with E-state index in [0.29, 0.717) is 0 Å². The van der Waals surface area contributed by atoms with Crippen LogP contribution in [0.4, 0.5) is 0 Å². The van der Waals surface area contributed by atoms with Crippen LogP contribution in [-0.2, 0) is 4.57 Å². The van der Waals surface area contributed by atoms with E-state index >= 15 is 0 Å². The average Bonchev–Trinajstić information content (AvgIpc) is 2.64. The van der Waals surface area contributed by atoms with Gasteiger partial charge in [-0.2, -0.15) is 0 Å². The monoisotopic (exact) mass is 337 g/mol. The average molecular weight is 337 g/mol. The fraction of sp³-hybridized carbons (Fsp3) is 0.100. The summed E-state index contributed by atoms with van der Waals surface area (Å²) in [5.74, 6) is 0. The van der Waals surface area contributed by atoms with Crippen molar-refractivity contribution in [3.8, 4) is 0 Å². The molecular weight excluding hydrogens is 318 g/mol. The molecule has 0 aromatic heterocycles. The highest BCUT2D eigenvalue weighted by Gasteiger charge is 2.23. The van der Waals surface area contributed by atoms with E-state index in [4.69, 9.17) is 0 Å². The van der Waals surface area contributed by atoms with Gasteiger partial charge in [-0.25, -0.2) is 0 Å². The highest BCUT2D eigenvalue weighted by Crippen LogP contribution is 2.36. The quantitative estimate of drug-likeness (QED) is 0.614. The van der Waals surface area contributed by atoms with Crippen LogP contribution in [0, 0.1) is 0 Å². The Bertz CT molecular complexity index is 703. The van der Waals surface area contributed by atoms with Gasteiger partial charge in [0.1, 0.15) is 0 Å². The Hall–Kier alpha value is -1.81. The van der Waals surface area contributed by atoms with Gasteiger partial charge in [0, 0.05) is 6.16 Å². The molecule has 0 amide bonds. The molecule has 0 bridgehead atoms. The lowest BCUT2D eigenvalue weighted by molar-refractivity contribution is 0.594. The Morgan fingerprint density at radius 1 is 0.652 bits per heavy atom. The minimum Gasteiger partial charge on any atom is -0.0681 e. The van der Waals surface area contributed by atoms with Gasteiger partial charge in [-0.3, -0.25) is 0 Å². The molecule has 3 heteroatoms. The first kappa shape index (κ1) is 16.1. The Labute approximate surface area is 139 Å². The van der Waals surface area contributed by atoms with Gasteiger partial charge in [0.15, 0.2) is 11.5 Å². The van der Waals surface area contributed by atoms with Gasteiger partial charge in [0.25, 0.3) is 0 Å². The molecule has 3 aromatic carbocycles. The highest BCUT2D eigenvalue weighted by atomic mass is 31.1. The highest BCUT2D eigenvalue weighted by molar-refractivity contribution is 7.73. The van der Waals surface area contributed by atoms with Crippen LogP contribution in [0.2, 0.25) is 0 Å². The van der Waals surface area contributed by atoms with E-state index < -0.39 is 15.7 Å². The molecule has 0 N–H and O–H groups in total. The molecule has 1 unspecified atom stereocenters. The lowest BCUT2D eigenvalue weighted by atomic mass is 10.4. The minimum atomic E-state index is -1.32. The fourth-order valence-electron chi connectivity index (χ4n) is 2.54. The van der Waals surface area contributed by atoms with Crippen molar-refractivity contribution >= 4 is 31.6 Å². The van der Waals surface area contributed by atoms with Crippen molar-refractivity contribution in [1.29, 1.82) is 0 Å². The van der Waals surface area contributed by atoms with Crippen LogP contribution in [0.1, 0.15) is 0 Å². The van der Waals surface area contributed by atoms with E-state index in [1.165, 1.54) is 10.6 Å². The van der Waals surface area contributed by atoms with Crippen LogP contribution in [-0.4, -0.2) is 12.3 Å². The zero-order valence-electron chi connectivity index (χ0n) is 12.9. The second-order valence-corrected chi connectivity index (χ2v) is 9.32. The third-order valence-corrected chi connectivity index (χ3v) is 8.08. The van der Waals surface area contributed by atoms with Crippen LogP contribution in [0.5, 0.6) is 0 Å². The lowest BCUT2D eigenvalue weighted by Gasteiger charge is -2.16. The maximum absolute atomic E-state index is 12.6.